The number of hydrogen-bond donors (Lipinski definition) is 3. The first kappa shape index (κ1) is 14.2. The summed E-state index contributed by atoms with van der Waals surface area (Å²) >= 11 is 0. The lowest BCUT2D eigenvalue weighted by Gasteiger charge is -2.55. The molecule has 1 aromatic rings. The van der Waals surface area contributed by atoms with Crippen molar-refractivity contribution in [1.82, 2.24) is 5.32 Å². The fourth-order valence-electron chi connectivity index (χ4n) is 3.64. The van der Waals surface area contributed by atoms with E-state index in [9.17, 15) is 4.79 Å². The van der Waals surface area contributed by atoms with Crippen LogP contribution in [0.1, 0.15) is 20.3 Å². The number of carbonyl (C=O) groups excluding carboxylic acids is 1. The molecule has 2 aliphatic rings. The van der Waals surface area contributed by atoms with Crippen LogP contribution in [0.2, 0.25) is 0 Å². The van der Waals surface area contributed by atoms with Gasteiger partial charge in [0, 0.05) is 42.4 Å². The summed E-state index contributed by atoms with van der Waals surface area (Å²) in [4.78, 5) is 11.3. The van der Waals surface area contributed by atoms with E-state index < -0.39 is 0 Å². The second-order valence-corrected chi connectivity index (χ2v) is 6.47. The van der Waals surface area contributed by atoms with Gasteiger partial charge in [0.25, 0.3) is 0 Å². The van der Waals surface area contributed by atoms with Gasteiger partial charge in [-0.2, -0.15) is 0 Å². The Labute approximate surface area is 125 Å². The van der Waals surface area contributed by atoms with Crippen LogP contribution in [-0.2, 0) is 4.74 Å². The third kappa shape index (κ3) is 2.46. The standard InChI is InChI=1S/C16H23N3O2/c1-16(2)13(12-8-9-21-14(12)16)18-10-4-6-11(7-5-10)19-15(20)17-3/h4-7,12-14,18H,8-9H2,1-3H3,(H2,17,19,20). The molecule has 0 spiro atoms. The molecule has 1 saturated heterocycles. The van der Waals surface area contributed by atoms with Crippen LogP contribution < -0.4 is 16.0 Å². The van der Waals surface area contributed by atoms with E-state index in [1.807, 2.05) is 24.3 Å². The number of anilines is 2. The molecule has 0 radical (unpaired) electrons. The van der Waals surface area contributed by atoms with Gasteiger partial charge < -0.3 is 20.7 Å². The predicted molar refractivity (Wildman–Crippen MR) is 83.6 cm³/mol. The summed E-state index contributed by atoms with van der Waals surface area (Å²) in [5.41, 5.74) is 2.04. The monoisotopic (exact) mass is 289 g/mol. The smallest absolute Gasteiger partial charge is 0.318 e. The molecule has 114 valence electrons. The van der Waals surface area contributed by atoms with Crippen molar-refractivity contribution in [3.05, 3.63) is 24.3 Å². The molecule has 0 aromatic heterocycles. The zero-order chi connectivity index (χ0) is 15.0. The molecule has 0 bridgehead atoms. The van der Waals surface area contributed by atoms with E-state index >= 15 is 0 Å². The number of carbonyl (C=O) groups is 1. The average molecular weight is 289 g/mol. The van der Waals surface area contributed by atoms with Crippen molar-refractivity contribution in [1.29, 1.82) is 0 Å². The van der Waals surface area contributed by atoms with Crippen LogP contribution in [0.3, 0.4) is 0 Å². The molecule has 1 aromatic carbocycles. The van der Waals surface area contributed by atoms with Gasteiger partial charge in [-0.05, 0) is 30.7 Å². The number of hydrogen-bond acceptors (Lipinski definition) is 3. The molecule has 5 heteroatoms. The number of rotatable bonds is 3. The number of amides is 2. The molecule has 1 aliphatic heterocycles. The van der Waals surface area contributed by atoms with E-state index in [-0.39, 0.29) is 11.4 Å². The molecule has 3 rings (SSSR count). The fourth-order valence-corrected chi connectivity index (χ4v) is 3.64. The lowest BCUT2D eigenvalue weighted by Crippen LogP contribution is -2.63. The molecule has 1 saturated carbocycles. The van der Waals surface area contributed by atoms with Crippen LogP contribution in [-0.4, -0.2) is 31.8 Å². The van der Waals surface area contributed by atoms with Gasteiger partial charge in [0.2, 0.25) is 0 Å². The Morgan fingerprint density at radius 2 is 1.90 bits per heavy atom. The molecule has 1 heterocycles. The predicted octanol–water partition coefficient (Wildman–Crippen LogP) is 2.66. The first-order valence-corrected chi connectivity index (χ1v) is 7.49. The second-order valence-electron chi connectivity index (χ2n) is 6.47. The second kappa shape index (κ2) is 5.22. The van der Waals surface area contributed by atoms with Crippen LogP contribution in [0.25, 0.3) is 0 Å². The van der Waals surface area contributed by atoms with Crippen LogP contribution in [0.4, 0.5) is 16.2 Å². The van der Waals surface area contributed by atoms with Gasteiger partial charge in [-0.15, -0.1) is 0 Å². The Balaban J connectivity index is 1.64. The molecule has 21 heavy (non-hydrogen) atoms. The van der Waals surface area contributed by atoms with Crippen molar-refractivity contribution in [3.8, 4) is 0 Å². The molecule has 3 unspecified atom stereocenters. The zero-order valence-electron chi connectivity index (χ0n) is 12.8. The summed E-state index contributed by atoms with van der Waals surface area (Å²) in [6, 6.07) is 8.07. The van der Waals surface area contributed by atoms with Gasteiger partial charge in [-0.3, -0.25) is 0 Å². The topological polar surface area (TPSA) is 62.4 Å². The highest BCUT2D eigenvalue weighted by Crippen LogP contribution is 2.53. The summed E-state index contributed by atoms with van der Waals surface area (Å²) in [5.74, 6) is 0.615. The Morgan fingerprint density at radius 1 is 1.24 bits per heavy atom. The van der Waals surface area contributed by atoms with E-state index in [1.54, 1.807) is 7.05 Å². The minimum Gasteiger partial charge on any atom is -0.381 e. The first-order chi connectivity index (χ1) is 10.0. The fraction of sp³-hybridized carbons (Fsp3) is 0.562. The van der Waals surface area contributed by atoms with Crippen LogP contribution >= 0.6 is 0 Å². The third-order valence-corrected chi connectivity index (χ3v) is 4.79. The molecule has 2 fully saturated rings. The van der Waals surface area contributed by atoms with E-state index in [0.717, 1.165) is 24.4 Å². The van der Waals surface area contributed by atoms with Crippen molar-refractivity contribution in [2.24, 2.45) is 11.3 Å². The highest BCUT2D eigenvalue weighted by atomic mass is 16.5. The molecular weight excluding hydrogens is 266 g/mol. The van der Waals surface area contributed by atoms with Gasteiger partial charge in [-0.1, -0.05) is 13.8 Å². The van der Waals surface area contributed by atoms with Crippen LogP contribution in [0.15, 0.2) is 24.3 Å². The SMILES string of the molecule is CNC(=O)Nc1ccc(NC2C3CCOC3C2(C)C)cc1. The normalized spacial score (nSPS) is 29.2. The molecule has 3 atom stereocenters. The quantitative estimate of drug-likeness (QED) is 0.801. The molecule has 2 amide bonds. The van der Waals surface area contributed by atoms with Crippen molar-refractivity contribution in [3.63, 3.8) is 0 Å². The number of ether oxygens (including phenoxy) is 1. The molecule has 1 aliphatic carbocycles. The Hall–Kier alpha value is -1.75. The van der Waals surface area contributed by atoms with Gasteiger partial charge >= 0.3 is 6.03 Å². The maximum absolute atomic E-state index is 11.3. The summed E-state index contributed by atoms with van der Waals surface area (Å²) in [6.07, 6.45) is 1.53. The van der Waals surface area contributed by atoms with E-state index in [2.05, 4.69) is 29.8 Å². The minimum absolute atomic E-state index is 0.167. The Kier molecular flexibility index (Phi) is 3.53. The van der Waals surface area contributed by atoms with Crippen molar-refractivity contribution >= 4 is 17.4 Å². The lowest BCUT2D eigenvalue weighted by atomic mass is 9.57. The maximum atomic E-state index is 11.3. The number of fused-ring (bicyclic) bond motifs is 1. The molecule has 5 nitrogen and oxygen atoms in total. The Morgan fingerprint density at radius 3 is 2.57 bits per heavy atom. The Bertz CT molecular complexity index is 527. The summed E-state index contributed by atoms with van der Waals surface area (Å²) in [7, 11) is 1.60. The molecule has 3 N–H and O–H groups in total. The maximum Gasteiger partial charge on any atom is 0.318 e. The van der Waals surface area contributed by atoms with Gasteiger partial charge in [0.15, 0.2) is 0 Å². The summed E-state index contributed by atoms with van der Waals surface area (Å²) < 4.78 is 5.82. The van der Waals surface area contributed by atoms with Gasteiger partial charge in [0.05, 0.1) is 6.10 Å². The third-order valence-electron chi connectivity index (χ3n) is 4.79. The summed E-state index contributed by atoms with van der Waals surface area (Å²) in [5, 5.41) is 8.92. The number of benzene rings is 1. The summed E-state index contributed by atoms with van der Waals surface area (Å²) in [6.45, 7) is 5.41. The number of nitrogens with one attached hydrogen (secondary N) is 3. The number of urea groups is 1. The van der Waals surface area contributed by atoms with E-state index in [1.165, 1.54) is 0 Å². The zero-order valence-corrected chi connectivity index (χ0v) is 12.8. The average Bonchev–Trinajstić information content (AvgIpc) is 2.93. The molecular formula is C16H23N3O2. The van der Waals surface area contributed by atoms with Crippen LogP contribution in [0.5, 0.6) is 0 Å². The van der Waals surface area contributed by atoms with Crippen molar-refractivity contribution in [2.75, 3.05) is 24.3 Å². The van der Waals surface area contributed by atoms with E-state index in [4.69, 9.17) is 4.74 Å². The minimum atomic E-state index is -0.207. The van der Waals surface area contributed by atoms with E-state index in [0.29, 0.717) is 18.1 Å². The van der Waals surface area contributed by atoms with Crippen molar-refractivity contribution in [2.45, 2.75) is 32.4 Å². The van der Waals surface area contributed by atoms with Crippen LogP contribution in [0, 0.1) is 11.3 Å². The highest BCUT2D eigenvalue weighted by Gasteiger charge is 2.59. The largest absolute Gasteiger partial charge is 0.381 e. The lowest BCUT2D eigenvalue weighted by molar-refractivity contribution is -0.0923. The van der Waals surface area contributed by atoms with Crippen molar-refractivity contribution < 1.29 is 9.53 Å². The van der Waals surface area contributed by atoms with Gasteiger partial charge in [-0.25, -0.2) is 4.79 Å². The highest BCUT2D eigenvalue weighted by molar-refractivity contribution is 5.89. The van der Waals surface area contributed by atoms with Gasteiger partial charge in [0.1, 0.15) is 0 Å². The first-order valence-electron chi connectivity index (χ1n) is 7.49.